The predicted molar refractivity (Wildman–Crippen MR) is 108 cm³/mol. The summed E-state index contributed by atoms with van der Waals surface area (Å²) in [7, 11) is 1.43. The number of ether oxygens (including phenoxy) is 1. The van der Waals surface area contributed by atoms with Gasteiger partial charge in [-0.2, -0.15) is 0 Å². The number of nitrogens with zero attached hydrogens (tertiary/aromatic N) is 1. The van der Waals surface area contributed by atoms with E-state index in [1.54, 1.807) is 18.2 Å². The highest BCUT2D eigenvalue weighted by Gasteiger charge is 2.37. The molecule has 1 aliphatic rings. The summed E-state index contributed by atoms with van der Waals surface area (Å²) in [5.74, 6) is -1.24. The van der Waals surface area contributed by atoms with Gasteiger partial charge in [0.1, 0.15) is 5.57 Å². The first kappa shape index (κ1) is 19.9. The average molecular weight is 419 g/mol. The van der Waals surface area contributed by atoms with Gasteiger partial charge in [0.05, 0.1) is 22.8 Å². The van der Waals surface area contributed by atoms with Crippen LogP contribution in [-0.2, 0) is 9.59 Å². The fourth-order valence-corrected chi connectivity index (χ4v) is 3.44. The molecule has 2 aromatic carbocycles. The summed E-state index contributed by atoms with van der Waals surface area (Å²) < 4.78 is 5.09. The van der Waals surface area contributed by atoms with Gasteiger partial charge in [-0.15, -0.1) is 0 Å². The average Bonchev–Trinajstić information content (AvgIpc) is 2.61. The van der Waals surface area contributed by atoms with Gasteiger partial charge in [-0.25, -0.2) is 9.69 Å². The first-order valence-corrected chi connectivity index (χ1v) is 9.00. The topological polar surface area (TPSA) is 75.7 Å². The van der Waals surface area contributed by atoms with Crippen LogP contribution in [0.25, 0.3) is 6.08 Å². The molecule has 4 amide bonds. The van der Waals surface area contributed by atoms with Crippen molar-refractivity contribution in [1.82, 2.24) is 5.32 Å². The number of hydrogen-bond donors (Lipinski definition) is 1. The van der Waals surface area contributed by atoms with E-state index in [4.69, 9.17) is 27.9 Å². The van der Waals surface area contributed by atoms with Crippen LogP contribution in [0, 0.1) is 13.8 Å². The second-order valence-corrected chi connectivity index (χ2v) is 7.06. The number of barbiturate groups is 1. The molecule has 28 heavy (non-hydrogen) atoms. The molecule has 1 aliphatic heterocycles. The molecule has 1 fully saturated rings. The Morgan fingerprint density at radius 1 is 1.00 bits per heavy atom. The molecule has 0 radical (unpaired) electrons. The number of imide groups is 2. The summed E-state index contributed by atoms with van der Waals surface area (Å²) >= 11 is 12.2. The first-order valence-electron chi connectivity index (χ1n) is 8.24. The van der Waals surface area contributed by atoms with Crippen molar-refractivity contribution in [2.24, 2.45) is 0 Å². The Balaban J connectivity index is 2.05. The fraction of sp³-hybridized carbons (Fsp3) is 0.150. The van der Waals surface area contributed by atoms with Crippen LogP contribution >= 0.6 is 23.2 Å². The predicted octanol–water partition coefficient (Wildman–Crippen LogP) is 4.29. The molecule has 8 heteroatoms. The van der Waals surface area contributed by atoms with Crippen molar-refractivity contribution in [3.8, 4) is 5.75 Å². The van der Waals surface area contributed by atoms with Crippen molar-refractivity contribution in [2.45, 2.75) is 13.8 Å². The molecule has 1 heterocycles. The van der Waals surface area contributed by atoms with E-state index in [2.05, 4.69) is 5.32 Å². The lowest BCUT2D eigenvalue weighted by Gasteiger charge is -2.26. The molecule has 1 N–H and O–H groups in total. The lowest BCUT2D eigenvalue weighted by atomic mass is 10.0. The molecule has 0 aliphatic carbocycles. The molecule has 6 nitrogen and oxygen atoms in total. The Bertz CT molecular complexity index is 1020. The fourth-order valence-electron chi connectivity index (χ4n) is 2.78. The van der Waals surface area contributed by atoms with Gasteiger partial charge in [0.2, 0.25) is 0 Å². The van der Waals surface area contributed by atoms with E-state index in [0.29, 0.717) is 11.3 Å². The zero-order valence-electron chi connectivity index (χ0n) is 15.3. The summed E-state index contributed by atoms with van der Waals surface area (Å²) in [6.07, 6.45) is 1.33. The largest absolute Gasteiger partial charge is 0.494 e. The molecule has 0 spiro atoms. The Hall–Kier alpha value is -2.83. The van der Waals surface area contributed by atoms with Gasteiger partial charge >= 0.3 is 6.03 Å². The summed E-state index contributed by atoms with van der Waals surface area (Å²) in [6.45, 7) is 3.79. The zero-order chi connectivity index (χ0) is 20.6. The Morgan fingerprint density at radius 3 is 2.21 bits per heavy atom. The van der Waals surface area contributed by atoms with Crippen molar-refractivity contribution in [3.63, 3.8) is 0 Å². The molecule has 2 aromatic rings. The van der Waals surface area contributed by atoms with Crippen LogP contribution in [-0.4, -0.2) is 25.0 Å². The van der Waals surface area contributed by atoms with Crippen LogP contribution in [0.1, 0.15) is 16.7 Å². The van der Waals surface area contributed by atoms with Crippen molar-refractivity contribution < 1.29 is 19.1 Å². The third-order valence-electron chi connectivity index (χ3n) is 4.39. The smallest absolute Gasteiger partial charge is 0.335 e. The highest BCUT2D eigenvalue weighted by atomic mass is 35.5. The second kappa shape index (κ2) is 7.66. The molecular weight excluding hydrogens is 403 g/mol. The lowest BCUT2D eigenvalue weighted by Crippen LogP contribution is -2.54. The normalized spacial score (nSPS) is 15.8. The van der Waals surface area contributed by atoms with Crippen molar-refractivity contribution in [2.75, 3.05) is 12.0 Å². The number of carbonyl (C=O) groups excluding carboxylic acids is 3. The van der Waals surface area contributed by atoms with E-state index in [9.17, 15) is 14.4 Å². The van der Waals surface area contributed by atoms with E-state index in [0.717, 1.165) is 16.0 Å². The van der Waals surface area contributed by atoms with Gasteiger partial charge < -0.3 is 4.74 Å². The third-order valence-corrected chi connectivity index (χ3v) is 4.95. The standard InChI is InChI=1S/C20H16Cl2N2O4/c1-10-4-5-13(6-11(10)2)24-19(26)14(18(25)23-20(24)27)7-12-8-15(21)17(28-3)16(22)9-12/h4-9H,1-3H3,(H,23,25,27)/b14-7+. The monoisotopic (exact) mass is 418 g/mol. The molecule has 1 saturated heterocycles. The number of aryl methyl sites for hydroxylation is 2. The maximum atomic E-state index is 12.9. The van der Waals surface area contributed by atoms with Crippen molar-refractivity contribution >= 4 is 52.8 Å². The second-order valence-electron chi connectivity index (χ2n) is 6.24. The number of amides is 4. The van der Waals surface area contributed by atoms with Gasteiger partial charge in [0, 0.05) is 0 Å². The number of nitrogens with one attached hydrogen (secondary N) is 1. The van der Waals surface area contributed by atoms with Gasteiger partial charge in [-0.3, -0.25) is 14.9 Å². The Labute approximate surface area is 171 Å². The number of anilines is 1. The minimum atomic E-state index is -0.804. The van der Waals surface area contributed by atoms with Gasteiger partial charge in [-0.05, 0) is 60.9 Å². The van der Waals surface area contributed by atoms with Crippen LogP contribution in [0.15, 0.2) is 35.9 Å². The maximum Gasteiger partial charge on any atom is 0.335 e. The number of benzene rings is 2. The summed E-state index contributed by atoms with van der Waals surface area (Å²) in [5, 5.41) is 2.64. The number of urea groups is 1. The number of halogens is 2. The molecule has 0 aromatic heterocycles. The minimum Gasteiger partial charge on any atom is -0.494 e. The van der Waals surface area contributed by atoms with Crippen molar-refractivity contribution in [3.05, 3.63) is 62.6 Å². The zero-order valence-corrected chi connectivity index (χ0v) is 16.8. The van der Waals surface area contributed by atoms with Gasteiger partial charge in [0.15, 0.2) is 5.75 Å². The Kier molecular flexibility index (Phi) is 5.45. The first-order chi connectivity index (χ1) is 13.2. The van der Waals surface area contributed by atoms with Crippen LogP contribution in [0.5, 0.6) is 5.75 Å². The van der Waals surface area contributed by atoms with Crippen LogP contribution in [0.4, 0.5) is 10.5 Å². The van der Waals surface area contributed by atoms with E-state index in [-0.39, 0.29) is 21.4 Å². The highest BCUT2D eigenvalue weighted by Crippen LogP contribution is 2.35. The van der Waals surface area contributed by atoms with E-state index in [1.807, 2.05) is 13.8 Å². The summed E-state index contributed by atoms with van der Waals surface area (Å²) in [5.41, 5.74) is 2.51. The van der Waals surface area contributed by atoms with Gasteiger partial charge in [0.25, 0.3) is 11.8 Å². The van der Waals surface area contributed by atoms with Gasteiger partial charge in [-0.1, -0.05) is 29.3 Å². The molecular formula is C20H16Cl2N2O4. The van der Waals surface area contributed by atoms with Crippen LogP contribution in [0.2, 0.25) is 10.0 Å². The summed E-state index contributed by atoms with van der Waals surface area (Å²) in [4.78, 5) is 38.4. The lowest BCUT2D eigenvalue weighted by molar-refractivity contribution is -0.122. The van der Waals surface area contributed by atoms with Crippen LogP contribution < -0.4 is 15.0 Å². The number of hydrogen-bond acceptors (Lipinski definition) is 4. The molecule has 0 atom stereocenters. The number of carbonyl (C=O) groups is 3. The summed E-state index contributed by atoms with van der Waals surface area (Å²) in [6, 6.07) is 7.37. The molecule has 0 saturated carbocycles. The molecule has 3 rings (SSSR count). The number of rotatable bonds is 3. The number of methoxy groups -OCH3 is 1. The Morgan fingerprint density at radius 2 is 1.64 bits per heavy atom. The minimum absolute atomic E-state index is 0.213. The highest BCUT2D eigenvalue weighted by molar-refractivity contribution is 6.40. The third kappa shape index (κ3) is 3.61. The van der Waals surface area contributed by atoms with Crippen LogP contribution in [0.3, 0.4) is 0 Å². The maximum absolute atomic E-state index is 12.9. The van der Waals surface area contributed by atoms with E-state index >= 15 is 0 Å². The van der Waals surface area contributed by atoms with E-state index in [1.165, 1.54) is 25.3 Å². The quantitative estimate of drug-likeness (QED) is 0.595. The van der Waals surface area contributed by atoms with E-state index < -0.39 is 17.8 Å². The molecule has 144 valence electrons. The van der Waals surface area contributed by atoms with Crippen molar-refractivity contribution in [1.29, 1.82) is 0 Å². The molecule has 0 unspecified atom stereocenters. The molecule has 0 bridgehead atoms. The SMILES string of the molecule is COc1c(Cl)cc(/C=C2\C(=O)NC(=O)N(c3ccc(C)c(C)c3)C2=O)cc1Cl.